The van der Waals surface area contributed by atoms with E-state index in [1.807, 2.05) is 0 Å². The van der Waals surface area contributed by atoms with Crippen molar-refractivity contribution in [2.45, 2.75) is 0 Å². The van der Waals surface area contributed by atoms with Crippen LogP contribution in [0.4, 0.5) is 0 Å². The fraction of sp³-hybridized carbons (Fsp3) is 0. The molecule has 0 amide bonds. The molecule has 0 heterocycles. The van der Waals surface area contributed by atoms with E-state index in [1.54, 1.807) is 0 Å². The summed E-state index contributed by atoms with van der Waals surface area (Å²) in [5.41, 5.74) is 0. The van der Waals surface area contributed by atoms with Gasteiger partial charge in [0.05, 0.1) is 0 Å². The van der Waals surface area contributed by atoms with Gasteiger partial charge in [0.25, 0.3) is 0 Å². The fourth-order valence-corrected chi connectivity index (χ4v) is 27.1. The predicted molar refractivity (Wildman–Crippen MR) is 118 cm³/mol. The van der Waals surface area contributed by atoms with Gasteiger partial charge in [0, 0.05) is 0 Å². The second-order valence-corrected chi connectivity index (χ2v) is 21.3. The van der Waals surface area contributed by atoms with E-state index in [0.717, 1.165) is 0 Å². The van der Waals surface area contributed by atoms with Gasteiger partial charge in [0.2, 0.25) is 0 Å². The van der Waals surface area contributed by atoms with Crippen molar-refractivity contribution in [3.8, 4) is 0 Å². The molecular weight excluding hydrogens is 441 g/mol. The molecule has 4 aromatic carbocycles. The molecule has 4 rings (SSSR count). The van der Waals surface area contributed by atoms with Crippen LogP contribution < -0.4 is 21.2 Å². The summed E-state index contributed by atoms with van der Waals surface area (Å²) >= 11 is -0.782. The van der Waals surface area contributed by atoms with Gasteiger partial charge in [0.1, 0.15) is 0 Å². The molecule has 0 aliphatic carbocycles. The van der Waals surface area contributed by atoms with Crippen molar-refractivity contribution in [1.29, 1.82) is 0 Å². The maximum absolute atomic E-state index is 2.34. The van der Waals surface area contributed by atoms with Gasteiger partial charge in [-0.25, -0.2) is 0 Å². The van der Waals surface area contributed by atoms with Crippen molar-refractivity contribution < 1.29 is 22.1 Å². The second kappa shape index (κ2) is 9.71. The molecule has 0 fully saturated rings. The summed E-state index contributed by atoms with van der Waals surface area (Å²) in [5.74, 6) is 0. The van der Waals surface area contributed by atoms with Gasteiger partial charge in [-0.2, -0.15) is 0 Å². The van der Waals surface area contributed by atoms with Crippen molar-refractivity contribution >= 4 is 31.6 Å². The van der Waals surface area contributed by atoms with Crippen molar-refractivity contribution in [1.82, 2.24) is 0 Å². The molecule has 0 aliphatic heterocycles. The minimum absolute atomic E-state index is 0.239. The molecule has 0 radical (unpaired) electrons. The molecule has 0 aromatic heterocycles. The standard InChI is InChI=1S/2C12H10P.Zr/c2*1-3-7-11(8-4-1)13-12-9-5-2-6-10-12;/h2*1-10H;/q2*-1;+2. The summed E-state index contributed by atoms with van der Waals surface area (Å²) in [7, 11) is 0. The average Bonchev–Trinajstić information content (AvgIpc) is 2.77. The first-order valence-corrected chi connectivity index (χ1v) is 18.3. The van der Waals surface area contributed by atoms with E-state index >= 15 is 0 Å². The Morgan fingerprint density at radius 1 is 0.333 bits per heavy atom. The summed E-state index contributed by atoms with van der Waals surface area (Å²) in [6.45, 7) is 0. The predicted octanol–water partition coefficient (Wildman–Crippen LogP) is 5.16. The Morgan fingerprint density at radius 3 is 0.778 bits per heavy atom. The minimum atomic E-state index is -0.782. The Balaban J connectivity index is 1.77. The van der Waals surface area contributed by atoms with Crippen LogP contribution in [0, 0.1) is 0 Å². The molecule has 0 bridgehead atoms. The molecule has 0 N–H and O–H groups in total. The molecule has 27 heavy (non-hydrogen) atoms. The molecule has 0 atom stereocenters. The summed E-state index contributed by atoms with van der Waals surface area (Å²) in [6.07, 6.45) is 0. The molecule has 0 unspecified atom stereocenters. The third-order valence-corrected chi connectivity index (χ3v) is 25.6. The van der Waals surface area contributed by atoms with Gasteiger partial charge in [-0.3, -0.25) is 0 Å². The van der Waals surface area contributed by atoms with Crippen molar-refractivity contribution in [2.75, 3.05) is 0 Å². The van der Waals surface area contributed by atoms with E-state index in [9.17, 15) is 0 Å². The van der Waals surface area contributed by atoms with Crippen LogP contribution in [0.15, 0.2) is 121 Å². The molecule has 4 aromatic rings. The Hall–Kier alpha value is -1.38. The van der Waals surface area contributed by atoms with Crippen LogP contribution in [-0.2, 0) is 22.1 Å². The van der Waals surface area contributed by atoms with Crippen molar-refractivity contribution in [2.24, 2.45) is 0 Å². The molecule has 3 heteroatoms. The number of rotatable bonds is 6. The van der Waals surface area contributed by atoms with Gasteiger partial charge in [0.15, 0.2) is 0 Å². The number of benzene rings is 4. The van der Waals surface area contributed by atoms with Crippen molar-refractivity contribution in [3.05, 3.63) is 121 Å². The summed E-state index contributed by atoms with van der Waals surface area (Å²) in [5, 5.41) is 5.65. The van der Waals surface area contributed by atoms with Gasteiger partial charge in [-0.05, 0) is 0 Å². The Morgan fingerprint density at radius 2 is 0.556 bits per heavy atom. The Kier molecular flexibility index (Phi) is 6.82. The van der Waals surface area contributed by atoms with Crippen LogP contribution >= 0.6 is 10.4 Å². The third kappa shape index (κ3) is 4.92. The SMILES string of the molecule is c1ccc([P]([Zr][P](c2ccccc2)c2ccccc2)c2ccccc2)cc1. The zero-order chi connectivity index (χ0) is 18.3. The fourth-order valence-electron chi connectivity index (χ4n) is 2.94. The summed E-state index contributed by atoms with van der Waals surface area (Å²) in [4.78, 5) is 0. The normalized spacial score (nSPS) is 10.9. The van der Waals surface area contributed by atoms with Crippen molar-refractivity contribution in [3.63, 3.8) is 0 Å². The summed E-state index contributed by atoms with van der Waals surface area (Å²) < 4.78 is 0. The monoisotopic (exact) mass is 460 g/mol. The first-order valence-electron chi connectivity index (χ1n) is 8.98. The number of hydrogen-bond acceptors (Lipinski definition) is 0. The van der Waals surface area contributed by atoms with E-state index in [4.69, 9.17) is 0 Å². The first kappa shape index (κ1) is 19.0. The molecular formula is C24H20P2Zr. The Bertz CT molecular complexity index is 785. The van der Waals surface area contributed by atoms with Gasteiger partial charge >= 0.3 is 175 Å². The van der Waals surface area contributed by atoms with E-state index in [2.05, 4.69) is 121 Å². The van der Waals surface area contributed by atoms with Gasteiger partial charge < -0.3 is 0 Å². The van der Waals surface area contributed by atoms with Crippen LogP contribution in [0.2, 0.25) is 0 Å². The van der Waals surface area contributed by atoms with E-state index in [1.165, 1.54) is 21.2 Å². The third-order valence-electron chi connectivity index (χ3n) is 4.26. The van der Waals surface area contributed by atoms with Crippen LogP contribution in [-0.4, -0.2) is 0 Å². The van der Waals surface area contributed by atoms with Gasteiger partial charge in [-0.15, -0.1) is 0 Å². The molecule has 130 valence electrons. The quantitative estimate of drug-likeness (QED) is 0.348. The molecule has 0 saturated carbocycles. The second-order valence-electron chi connectivity index (χ2n) is 6.11. The topological polar surface area (TPSA) is 0 Å². The molecule has 0 nitrogen and oxygen atoms in total. The summed E-state index contributed by atoms with van der Waals surface area (Å²) in [6, 6.07) is 44.8. The average molecular weight is 462 g/mol. The molecule has 0 spiro atoms. The number of hydrogen-bond donors (Lipinski definition) is 0. The van der Waals surface area contributed by atoms with Gasteiger partial charge in [-0.1, -0.05) is 0 Å². The van der Waals surface area contributed by atoms with E-state index in [-0.39, 0.29) is 10.4 Å². The Labute approximate surface area is 174 Å². The van der Waals surface area contributed by atoms with E-state index < -0.39 is 22.1 Å². The first-order chi connectivity index (χ1) is 13.4. The zero-order valence-corrected chi connectivity index (χ0v) is 19.2. The van der Waals surface area contributed by atoms with Crippen LogP contribution in [0.3, 0.4) is 0 Å². The molecule has 0 saturated heterocycles. The van der Waals surface area contributed by atoms with Crippen LogP contribution in [0.25, 0.3) is 0 Å². The van der Waals surface area contributed by atoms with E-state index in [0.29, 0.717) is 0 Å². The van der Waals surface area contributed by atoms with Crippen LogP contribution in [0.1, 0.15) is 0 Å². The molecule has 0 aliphatic rings. The zero-order valence-electron chi connectivity index (χ0n) is 14.9. The maximum atomic E-state index is 2.34. The van der Waals surface area contributed by atoms with Crippen LogP contribution in [0.5, 0.6) is 0 Å².